The minimum Gasteiger partial charge on any atom is -0.493 e. The molecule has 1 aliphatic carbocycles. The SMILES string of the molecule is O=C(O)[C@H]1[C@H](c2ccccc2)[C@@H](COc2cccc3ccccc23)[C@H]1c1ccccc1. The van der Waals surface area contributed by atoms with Crippen molar-refractivity contribution in [3.05, 3.63) is 114 Å². The molecule has 31 heavy (non-hydrogen) atoms. The van der Waals surface area contributed by atoms with Crippen molar-refractivity contribution in [2.75, 3.05) is 6.61 Å². The van der Waals surface area contributed by atoms with Gasteiger partial charge in [0.05, 0.1) is 12.5 Å². The summed E-state index contributed by atoms with van der Waals surface area (Å²) in [5.74, 6) is -0.465. The first-order chi connectivity index (χ1) is 15.2. The lowest BCUT2D eigenvalue weighted by molar-refractivity contribution is -0.150. The number of benzene rings is 4. The molecule has 0 amide bonds. The van der Waals surface area contributed by atoms with E-state index in [0.29, 0.717) is 6.61 Å². The molecule has 4 aromatic rings. The smallest absolute Gasteiger partial charge is 0.307 e. The highest BCUT2D eigenvalue weighted by Crippen LogP contribution is 2.57. The fourth-order valence-corrected chi connectivity index (χ4v) is 5.12. The Kier molecular flexibility index (Phi) is 5.17. The highest BCUT2D eigenvalue weighted by atomic mass is 16.5. The lowest BCUT2D eigenvalue weighted by Gasteiger charge is -2.50. The molecule has 0 unspecified atom stereocenters. The molecule has 1 fully saturated rings. The fraction of sp³-hybridized carbons (Fsp3) is 0.179. The molecule has 154 valence electrons. The minimum atomic E-state index is -0.746. The van der Waals surface area contributed by atoms with Gasteiger partial charge in [-0.05, 0) is 22.6 Å². The largest absolute Gasteiger partial charge is 0.493 e. The molecule has 0 saturated heterocycles. The number of aliphatic carboxylic acids is 1. The van der Waals surface area contributed by atoms with Crippen molar-refractivity contribution in [1.29, 1.82) is 0 Å². The van der Waals surface area contributed by atoms with Crippen molar-refractivity contribution in [2.45, 2.75) is 11.8 Å². The summed E-state index contributed by atoms with van der Waals surface area (Å²) in [7, 11) is 0. The molecule has 0 aliphatic heterocycles. The number of fused-ring (bicyclic) bond motifs is 1. The number of carboxylic acids is 1. The first-order valence-electron chi connectivity index (χ1n) is 10.7. The summed E-state index contributed by atoms with van der Waals surface area (Å²) in [6.07, 6.45) is 0. The first-order valence-corrected chi connectivity index (χ1v) is 10.7. The molecule has 1 N–H and O–H groups in total. The van der Waals surface area contributed by atoms with E-state index in [9.17, 15) is 9.90 Å². The van der Waals surface area contributed by atoms with Gasteiger partial charge >= 0.3 is 5.97 Å². The topological polar surface area (TPSA) is 46.5 Å². The van der Waals surface area contributed by atoms with Crippen LogP contribution in [0.25, 0.3) is 10.8 Å². The van der Waals surface area contributed by atoms with Gasteiger partial charge in [-0.1, -0.05) is 97.1 Å². The van der Waals surface area contributed by atoms with E-state index in [1.807, 2.05) is 84.9 Å². The van der Waals surface area contributed by atoms with E-state index >= 15 is 0 Å². The molecular formula is C28H24O3. The van der Waals surface area contributed by atoms with Crippen LogP contribution in [0.3, 0.4) is 0 Å². The molecule has 3 nitrogen and oxygen atoms in total. The van der Waals surface area contributed by atoms with Crippen molar-refractivity contribution in [2.24, 2.45) is 11.8 Å². The van der Waals surface area contributed by atoms with E-state index in [2.05, 4.69) is 18.2 Å². The lowest BCUT2D eigenvalue weighted by Crippen LogP contribution is -2.49. The monoisotopic (exact) mass is 408 g/mol. The van der Waals surface area contributed by atoms with Crippen LogP contribution < -0.4 is 4.74 Å². The average Bonchev–Trinajstić information content (AvgIpc) is 2.80. The van der Waals surface area contributed by atoms with Gasteiger partial charge in [-0.25, -0.2) is 0 Å². The zero-order chi connectivity index (χ0) is 21.2. The van der Waals surface area contributed by atoms with E-state index in [0.717, 1.165) is 27.6 Å². The second kappa shape index (κ2) is 8.27. The van der Waals surface area contributed by atoms with Gasteiger partial charge < -0.3 is 9.84 Å². The Morgan fingerprint density at radius 3 is 1.87 bits per heavy atom. The molecule has 0 bridgehead atoms. The second-order valence-corrected chi connectivity index (χ2v) is 8.19. The number of carbonyl (C=O) groups is 1. The molecule has 3 heteroatoms. The van der Waals surface area contributed by atoms with Crippen LogP contribution in [0.1, 0.15) is 23.0 Å². The van der Waals surface area contributed by atoms with Gasteiger partial charge in [0.1, 0.15) is 5.75 Å². The highest BCUT2D eigenvalue weighted by Gasteiger charge is 2.55. The Morgan fingerprint density at radius 1 is 0.710 bits per heavy atom. The van der Waals surface area contributed by atoms with E-state index in [1.54, 1.807) is 0 Å². The molecule has 2 atom stereocenters. The molecule has 0 heterocycles. The zero-order valence-electron chi connectivity index (χ0n) is 17.1. The third kappa shape index (κ3) is 3.57. The van der Waals surface area contributed by atoms with Crippen LogP contribution in [-0.4, -0.2) is 17.7 Å². The summed E-state index contributed by atoms with van der Waals surface area (Å²) in [4.78, 5) is 12.3. The number of hydrogen-bond acceptors (Lipinski definition) is 2. The number of rotatable bonds is 6. The van der Waals surface area contributed by atoms with E-state index < -0.39 is 11.9 Å². The quantitative estimate of drug-likeness (QED) is 0.418. The normalized spacial score (nSPS) is 22.6. The van der Waals surface area contributed by atoms with Gasteiger partial charge in [-0.3, -0.25) is 4.79 Å². The van der Waals surface area contributed by atoms with Crippen molar-refractivity contribution >= 4 is 16.7 Å². The standard InChI is InChI=1S/C28H24O3/c29-28(30)27-25(20-11-3-1-4-12-20)23(26(27)21-13-5-2-6-14-21)18-31-24-17-9-15-19-10-7-8-16-22(19)24/h1-17,23,25-27H,18H2,(H,29,30)/t23-,25-,26-,27+/m1/s1. The average molecular weight is 408 g/mol. The predicted molar refractivity (Wildman–Crippen MR) is 122 cm³/mol. The highest BCUT2D eigenvalue weighted by molar-refractivity contribution is 5.88. The number of carboxylic acid groups (broad SMARTS) is 1. The summed E-state index contributed by atoms with van der Waals surface area (Å²) < 4.78 is 6.36. The number of ether oxygens (including phenoxy) is 1. The van der Waals surface area contributed by atoms with Gasteiger partial charge in [-0.2, -0.15) is 0 Å². The van der Waals surface area contributed by atoms with Crippen molar-refractivity contribution < 1.29 is 14.6 Å². The van der Waals surface area contributed by atoms with Crippen molar-refractivity contribution in [3.8, 4) is 5.75 Å². The number of hydrogen-bond donors (Lipinski definition) is 1. The Morgan fingerprint density at radius 2 is 1.26 bits per heavy atom. The summed E-state index contributed by atoms with van der Waals surface area (Å²) >= 11 is 0. The van der Waals surface area contributed by atoms with Crippen LogP contribution in [0, 0.1) is 11.8 Å². The molecule has 1 aliphatic rings. The molecule has 1 saturated carbocycles. The van der Waals surface area contributed by atoms with Crippen LogP contribution in [0.4, 0.5) is 0 Å². The molecule has 5 rings (SSSR count). The van der Waals surface area contributed by atoms with E-state index in [-0.39, 0.29) is 17.8 Å². The van der Waals surface area contributed by atoms with Gasteiger partial charge in [-0.15, -0.1) is 0 Å². The van der Waals surface area contributed by atoms with E-state index in [1.165, 1.54) is 0 Å². The summed E-state index contributed by atoms with van der Waals surface area (Å²) in [5.41, 5.74) is 2.13. The lowest BCUT2D eigenvalue weighted by atomic mass is 9.53. The molecule has 0 spiro atoms. The van der Waals surface area contributed by atoms with Crippen LogP contribution in [0.2, 0.25) is 0 Å². The summed E-state index contributed by atoms with van der Waals surface area (Å²) in [6, 6.07) is 34.2. The molecular weight excluding hydrogens is 384 g/mol. The van der Waals surface area contributed by atoms with Gasteiger partial charge in [0.2, 0.25) is 0 Å². The van der Waals surface area contributed by atoms with Gasteiger partial charge in [0.15, 0.2) is 0 Å². The third-order valence-corrected chi connectivity index (χ3v) is 6.53. The van der Waals surface area contributed by atoms with Crippen LogP contribution in [-0.2, 0) is 4.79 Å². The Hall–Kier alpha value is -3.59. The predicted octanol–water partition coefficient (Wildman–Crippen LogP) is 6.12. The third-order valence-electron chi connectivity index (χ3n) is 6.53. The van der Waals surface area contributed by atoms with Crippen molar-refractivity contribution in [3.63, 3.8) is 0 Å². The molecule has 4 aromatic carbocycles. The first kappa shape index (κ1) is 19.4. The second-order valence-electron chi connectivity index (χ2n) is 8.19. The van der Waals surface area contributed by atoms with Crippen molar-refractivity contribution in [1.82, 2.24) is 0 Å². The van der Waals surface area contributed by atoms with E-state index in [4.69, 9.17) is 4.74 Å². The van der Waals surface area contributed by atoms with Gasteiger partial charge in [0, 0.05) is 23.1 Å². The summed E-state index contributed by atoms with van der Waals surface area (Å²) in [6.45, 7) is 0.469. The maximum absolute atomic E-state index is 12.3. The Balaban J connectivity index is 1.50. The van der Waals surface area contributed by atoms with Gasteiger partial charge in [0.25, 0.3) is 0 Å². The van der Waals surface area contributed by atoms with Crippen LogP contribution >= 0.6 is 0 Å². The molecule has 0 radical (unpaired) electrons. The molecule has 0 aromatic heterocycles. The minimum absolute atomic E-state index is 0.0740. The van der Waals surface area contributed by atoms with Crippen LogP contribution in [0.15, 0.2) is 103 Å². The fourth-order valence-electron chi connectivity index (χ4n) is 5.12. The Bertz CT molecular complexity index is 1130. The summed E-state index contributed by atoms with van der Waals surface area (Å²) in [5, 5.41) is 12.3. The Labute approximate surface area is 181 Å². The van der Waals surface area contributed by atoms with Crippen LogP contribution in [0.5, 0.6) is 5.75 Å². The maximum Gasteiger partial charge on any atom is 0.307 e. The zero-order valence-corrected chi connectivity index (χ0v) is 17.1. The maximum atomic E-state index is 12.3.